The molecular weight excluding hydrogens is 440 g/mol. The van der Waals surface area contributed by atoms with Gasteiger partial charge in [-0.2, -0.15) is 0 Å². The fourth-order valence-corrected chi connectivity index (χ4v) is 4.10. The van der Waals surface area contributed by atoms with Gasteiger partial charge in [0.25, 0.3) is 0 Å². The van der Waals surface area contributed by atoms with Crippen molar-refractivity contribution < 1.29 is 19.1 Å². The molecule has 6 nitrogen and oxygen atoms in total. The van der Waals surface area contributed by atoms with E-state index in [4.69, 9.17) is 9.47 Å². The maximum Gasteiger partial charge on any atom is 0.407 e. The van der Waals surface area contributed by atoms with Crippen molar-refractivity contribution in [2.75, 3.05) is 26.2 Å². The summed E-state index contributed by atoms with van der Waals surface area (Å²) in [6.07, 6.45) is 17.8. The normalized spacial score (nSPS) is 12.4. The van der Waals surface area contributed by atoms with Crippen molar-refractivity contribution in [2.24, 2.45) is 5.92 Å². The molecule has 0 fully saturated rings. The molecule has 35 heavy (non-hydrogen) atoms. The van der Waals surface area contributed by atoms with Gasteiger partial charge >= 0.3 is 12.1 Å². The largest absolute Gasteiger partial charge is 0.466 e. The Morgan fingerprint density at radius 2 is 1.29 bits per heavy atom. The molecule has 0 spiro atoms. The van der Waals surface area contributed by atoms with E-state index < -0.39 is 5.60 Å². The Balaban J connectivity index is 3.84. The first-order chi connectivity index (χ1) is 16.8. The van der Waals surface area contributed by atoms with Gasteiger partial charge in [0.1, 0.15) is 5.60 Å². The summed E-state index contributed by atoms with van der Waals surface area (Å²) in [7, 11) is 0. The Morgan fingerprint density at radius 3 is 1.97 bits per heavy atom. The highest BCUT2D eigenvalue weighted by Gasteiger charge is 2.16. The summed E-state index contributed by atoms with van der Waals surface area (Å²) in [5.41, 5.74) is -0.453. The quantitative estimate of drug-likeness (QED) is 0.112. The number of carbonyl (C=O) groups is 2. The van der Waals surface area contributed by atoms with Crippen molar-refractivity contribution in [1.29, 1.82) is 0 Å². The summed E-state index contributed by atoms with van der Waals surface area (Å²) < 4.78 is 10.8. The number of carbonyl (C=O) groups excluding carboxylic acids is 2. The Hall–Kier alpha value is -1.30. The summed E-state index contributed by atoms with van der Waals surface area (Å²) >= 11 is 0. The maximum atomic E-state index is 12.3. The van der Waals surface area contributed by atoms with Gasteiger partial charge in [-0.3, -0.25) is 4.79 Å². The van der Waals surface area contributed by atoms with Crippen LogP contribution in [0, 0.1) is 5.92 Å². The highest BCUT2D eigenvalue weighted by molar-refractivity contribution is 5.69. The van der Waals surface area contributed by atoms with E-state index in [9.17, 15) is 9.59 Å². The fraction of sp³-hybridized carbons (Fsp3) is 0.931. The predicted octanol–water partition coefficient (Wildman–Crippen LogP) is 7.54. The lowest BCUT2D eigenvalue weighted by atomic mass is 9.92. The smallest absolute Gasteiger partial charge is 0.407 e. The van der Waals surface area contributed by atoms with Gasteiger partial charge in [0, 0.05) is 13.0 Å². The van der Waals surface area contributed by atoms with Crippen molar-refractivity contribution in [3.8, 4) is 0 Å². The van der Waals surface area contributed by atoms with Crippen LogP contribution < -0.4 is 10.6 Å². The van der Waals surface area contributed by atoms with Crippen LogP contribution >= 0.6 is 0 Å². The van der Waals surface area contributed by atoms with Crippen molar-refractivity contribution in [3.05, 3.63) is 0 Å². The highest BCUT2D eigenvalue weighted by atomic mass is 16.6. The Labute approximate surface area is 217 Å². The van der Waals surface area contributed by atoms with Crippen LogP contribution in [0.25, 0.3) is 0 Å². The first-order valence-corrected chi connectivity index (χ1v) is 14.6. The van der Waals surface area contributed by atoms with Crippen molar-refractivity contribution >= 4 is 12.1 Å². The Morgan fingerprint density at radius 1 is 0.714 bits per heavy atom. The number of esters is 1. The van der Waals surface area contributed by atoms with Crippen LogP contribution in [-0.2, 0) is 14.3 Å². The molecule has 0 radical (unpaired) electrons. The average molecular weight is 499 g/mol. The van der Waals surface area contributed by atoms with Gasteiger partial charge < -0.3 is 20.1 Å². The molecule has 0 aromatic rings. The molecule has 0 saturated carbocycles. The number of rotatable bonds is 23. The fourth-order valence-electron chi connectivity index (χ4n) is 4.10. The van der Waals surface area contributed by atoms with Crippen LogP contribution in [-0.4, -0.2) is 43.9 Å². The third kappa shape index (κ3) is 25.6. The molecule has 0 aliphatic carbocycles. The van der Waals surface area contributed by atoms with Crippen LogP contribution in [0.5, 0.6) is 0 Å². The molecule has 6 heteroatoms. The average Bonchev–Trinajstić information content (AvgIpc) is 2.78. The van der Waals surface area contributed by atoms with Gasteiger partial charge in [0.2, 0.25) is 0 Å². The zero-order valence-corrected chi connectivity index (χ0v) is 23.9. The SMILES string of the molecule is CCCCCCCCOC(=O)CC(CCCCC)CCCCCNCCCNC(=O)OC(C)(C)C. The molecule has 0 rings (SSSR count). The van der Waals surface area contributed by atoms with Crippen molar-refractivity contribution in [3.63, 3.8) is 0 Å². The van der Waals surface area contributed by atoms with Crippen molar-refractivity contribution in [2.45, 2.75) is 143 Å². The predicted molar refractivity (Wildman–Crippen MR) is 147 cm³/mol. The molecule has 0 aliphatic rings. The van der Waals surface area contributed by atoms with Crippen LogP contribution in [0.1, 0.15) is 137 Å². The zero-order chi connectivity index (χ0) is 26.2. The monoisotopic (exact) mass is 498 g/mol. The number of nitrogens with one attached hydrogen (secondary N) is 2. The Kier molecular flexibility index (Phi) is 22.3. The second-order valence-corrected chi connectivity index (χ2v) is 10.9. The first kappa shape index (κ1) is 33.7. The molecule has 1 unspecified atom stereocenters. The zero-order valence-electron chi connectivity index (χ0n) is 23.9. The van der Waals surface area contributed by atoms with Gasteiger partial charge in [0.15, 0.2) is 0 Å². The third-order valence-corrected chi connectivity index (χ3v) is 6.10. The van der Waals surface area contributed by atoms with E-state index in [0.717, 1.165) is 45.2 Å². The number of ether oxygens (including phenoxy) is 2. The van der Waals surface area contributed by atoms with E-state index in [2.05, 4.69) is 24.5 Å². The minimum absolute atomic E-state index is 0.00159. The molecule has 0 aromatic carbocycles. The van der Waals surface area contributed by atoms with Crippen LogP contribution in [0.2, 0.25) is 0 Å². The van der Waals surface area contributed by atoms with E-state index in [1.807, 2.05) is 20.8 Å². The first-order valence-electron chi connectivity index (χ1n) is 14.6. The topological polar surface area (TPSA) is 76.7 Å². The number of amides is 1. The molecule has 208 valence electrons. The molecule has 2 N–H and O–H groups in total. The number of hydrogen-bond acceptors (Lipinski definition) is 5. The molecule has 1 atom stereocenters. The minimum atomic E-state index is -0.453. The lowest BCUT2D eigenvalue weighted by molar-refractivity contribution is -0.145. The second kappa shape index (κ2) is 23.1. The molecule has 0 aromatic heterocycles. The lowest BCUT2D eigenvalue weighted by Gasteiger charge is -2.19. The number of unbranched alkanes of at least 4 members (excludes halogenated alkanes) is 9. The highest BCUT2D eigenvalue weighted by Crippen LogP contribution is 2.21. The number of alkyl carbamates (subject to hydrolysis) is 1. The van der Waals surface area contributed by atoms with Gasteiger partial charge in [0.05, 0.1) is 6.61 Å². The van der Waals surface area contributed by atoms with Crippen molar-refractivity contribution in [1.82, 2.24) is 10.6 Å². The van der Waals surface area contributed by atoms with Gasteiger partial charge in [-0.25, -0.2) is 4.79 Å². The van der Waals surface area contributed by atoms with E-state index >= 15 is 0 Å². The van der Waals surface area contributed by atoms with Gasteiger partial charge in [-0.05, 0) is 71.9 Å². The molecule has 0 bridgehead atoms. The maximum absolute atomic E-state index is 12.3. The van der Waals surface area contributed by atoms with Crippen LogP contribution in [0.3, 0.4) is 0 Å². The summed E-state index contributed by atoms with van der Waals surface area (Å²) in [6, 6.07) is 0. The van der Waals surface area contributed by atoms with E-state index in [-0.39, 0.29) is 12.1 Å². The second-order valence-electron chi connectivity index (χ2n) is 10.9. The summed E-state index contributed by atoms with van der Waals surface area (Å²) in [5, 5.41) is 6.23. The standard InChI is InChI=1S/C29H58N2O4/c1-6-8-10-11-12-17-24-34-27(32)25-26(19-14-9-7-2)20-15-13-16-21-30-22-18-23-31-28(33)35-29(3,4)5/h26,30H,6-25H2,1-5H3,(H,31,33). The molecule has 0 saturated heterocycles. The third-order valence-electron chi connectivity index (χ3n) is 6.10. The van der Waals surface area contributed by atoms with Gasteiger partial charge in [-0.15, -0.1) is 0 Å². The van der Waals surface area contributed by atoms with Gasteiger partial charge in [-0.1, -0.05) is 78.1 Å². The summed E-state index contributed by atoms with van der Waals surface area (Å²) in [5.74, 6) is 0.465. The minimum Gasteiger partial charge on any atom is -0.466 e. The van der Waals surface area contributed by atoms with Crippen LogP contribution in [0.15, 0.2) is 0 Å². The molecule has 0 heterocycles. The van der Waals surface area contributed by atoms with E-state index in [0.29, 0.717) is 25.5 Å². The Bertz CT molecular complexity index is 505. The molecule has 1 amide bonds. The van der Waals surface area contributed by atoms with E-state index in [1.165, 1.54) is 64.2 Å². The number of hydrogen-bond donors (Lipinski definition) is 2. The molecule has 0 aliphatic heterocycles. The lowest BCUT2D eigenvalue weighted by Crippen LogP contribution is -2.34. The van der Waals surface area contributed by atoms with Crippen LogP contribution in [0.4, 0.5) is 4.79 Å². The molecular formula is C29H58N2O4. The summed E-state index contributed by atoms with van der Waals surface area (Å²) in [6.45, 7) is 13.1. The van der Waals surface area contributed by atoms with E-state index in [1.54, 1.807) is 0 Å². The summed E-state index contributed by atoms with van der Waals surface area (Å²) in [4.78, 5) is 23.9.